The minimum atomic E-state index is -0.724. The number of allylic oxidation sites excluding steroid dienone is 2. The maximum atomic E-state index is 10.5. The average molecular weight is 350 g/mol. The van der Waals surface area contributed by atoms with Gasteiger partial charge in [0.15, 0.2) is 0 Å². The summed E-state index contributed by atoms with van der Waals surface area (Å²) in [5.41, 5.74) is 0. The number of hydrogen-bond donors (Lipinski definition) is 2. The highest BCUT2D eigenvalue weighted by Crippen LogP contribution is 2.45. The first-order chi connectivity index (χ1) is 12.1. The number of aliphatic carboxylic acids is 1. The molecule has 2 aliphatic heterocycles. The Morgan fingerprint density at radius 2 is 2.00 bits per heavy atom. The summed E-state index contributed by atoms with van der Waals surface area (Å²) in [7, 11) is 0. The van der Waals surface area contributed by atoms with Gasteiger partial charge in [0, 0.05) is 12.3 Å². The largest absolute Gasteiger partial charge is 0.481 e. The molecule has 2 aliphatic rings. The van der Waals surface area contributed by atoms with Crippen molar-refractivity contribution in [2.75, 3.05) is 0 Å². The average Bonchev–Trinajstić information content (AvgIpc) is 3.17. The zero-order valence-corrected chi connectivity index (χ0v) is 15.5. The van der Waals surface area contributed by atoms with E-state index < -0.39 is 5.97 Å². The quantitative estimate of drug-likeness (QED) is 0.402. The van der Waals surface area contributed by atoms with Crippen molar-refractivity contribution in [2.45, 2.75) is 89.4 Å². The van der Waals surface area contributed by atoms with Gasteiger partial charge in [0.1, 0.15) is 0 Å². The summed E-state index contributed by atoms with van der Waals surface area (Å²) in [6.45, 7) is 2.18. The zero-order chi connectivity index (χ0) is 18.1. The van der Waals surface area contributed by atoms with E-state index in [-0.39, 0.29) is 12.5 Å². The van der Waals surface area contributed by atoms with E-state index in [9.17, 15) is 9.90 Å². The number of fused-ring (bicyclic) bond motifs is 2. The number of aliphatic hydroxyl groups excluding tert-OH is 1. The van der Waals surface area contributed by atoms with Crippen molar-refractivity contribution in [3.05, 3.63) is 24.3 Å². The van der Waals surface area contributed by atoms with Crippen molar-refractivity contribution in [1.82, 2.24) is 0 Å². The van der Waals surface area contributed by atoms with E-state index in [0.29, 0.717) is 30.5 Å². The topological polar surface area (TPSA) is 66.8 Å². The molecule has 0 saturated carbocycles. The van der Waals surface area contributed by atoms with Crippen molar-refractivity contribution in [1.29, 1.82) is 0 Å². The molecule has 0 unspecified atom stereocenters. The number of rotatable bonds is 12. The van der Waals surface area contributed by atoms with Crippen LogP contribution in [0.4, 0.5) is 0 Å². The van der Waals surface area contributed by atoms with E-state index in [4.69, 9.17) is 9.84 Å². The highest BCUT2D eigenvalue weighted by atomic mass is 16.5. The summed E-state index contributed by atoms with van der Waals surface area (Å²) in [5, 5.41) is 18.8. The summed E-state index contributed by atoms with van der Waals surface area (Å²) in [5.74, 6) is 0.175. The maximum absolute atomic E-state index is 10.5. The third-order valence-corrected chi connectivity index (χ3v) is 5.48. The molecule has 2 fully saturated rings. The summed E-state index contributed by atoms with van der Waals surface area (Å²) >= 11 is 0. The Morgan fingerprint density at radius 3 is 2.76 bits per heavy atom. The van der Waals surface area contributed by atoms with Gasteiger partial charge in [0.2, 0.25) is 0 Å². The highest BCUT2D eigenvalue weighted by molar-refractivity contribution is 5.66. The van der Waals surface area contributed by atoms with Gasteiger partial charge in [-0.15, -0.1) is 0 Å². The number of aliphatic hydroxyl groups is 1. The van der Waals surface area contributed by atoms with Gasteiger partial charge < -0.3 is 14.9 Å². The lowest BCUT2D eigenvalue weighted by atomic mass is 9.77. The Morgan fingerprint density at radius 1 is 1.20 bits per heavy atom. The van der Waals surface area contributed by atoms with Crippen LogP contribution in [0.2, 0.25) is 0 Å². The van der Waals surface area contributed by atoms with Crippen LogP contribution in [-0.4, -0.2) is 34.5 Å². The molecule has 4 heteroatoms. The molecule has 2 rings (SSSR count). The van der Waals surface area contributed by atoms with Crippen molar-refractivity contribution >= 4 is 5.97 Å². The fraction of sp³-hybridized carbons (Fsp3) is 0.762. The summed E-state index contributed by atoms with van der Waals surface area (Å²) in [6, 6.07) is 0. The molecule has 2 bridgehead atoms. The van der Waals surface area contributed by atoms with Gasteiger partial charge in [-0.25, -0.2) is 0 Å². The predicted molar refractivity (Wildman–Crippen MR) is 99.4 cm³/mol. The predicted octanol–water partition coefficient (Wildman–Crippen LogP) is 4.48. The molecule has 0 radical (unpaired) electrons. The van der Waals surface area contributed by atoms with Crippen LogP contribution in [0.25, 0.3) is 0 Å². The Hall–Kier alpha value is -1.13. The summed E-state index contributed by atoms with van der Waals surface area (Å²) < 4.78 is 6.09. The second-order valence-corrected chi connectivity index (χ2v) is 7.47. The molecule has 0 amide bonds. The molecular weight excluding hydrogens is 316 g/mol. The Bertz CT molecular complexity index is 457. The maximum Gasteiger partial charge on any atom is 0.303 e. The third-order valence-electron chi connectivity index (χ3n) is 5.48. The molecule has 2 saturated heterocycles. The smallest absolute Gasteiger partial charge is 0.303 e. The summed E-state index contributed by atoms with van der Waals surface area (Å²) in [4.78, 5) is 10.5. The lowest BCUT2D eigenvalue weighted by Crippen LogP contribution is -2.25. The van der Waals surface area contributed by atoms with Gasteiger partial charge in [-0.05, 0) is 44.4 Å². The lowest BCUT2D eigenvalue weighted by molar-refractivity contribution is -0.137. The van der Waals surface area contributed by atoms with E-state index in [1.165, 1.54) is 12.8 Å². The number of carboxylic acids is 1. The van der Waals surface area contributed by atoms with E-state index in [0.717, 1.165) is 38.5 Å². The molecule has 0 aromatic carbocycles. The van der Waals surface area contributed by atoms with Crippen molar-refractivity contribution in [2.24, 2.45) is 11.8 Å². The first-order valence-corrected chi connectivity index (χ1v) is 10.0. The molecular formula is C21H34O4. The first-order valence-electron chi connectivity index (χ1n) is 10.0. The molecule has 4 nitrogen and oxygen atoms in total. The molecule has 0 spiro atoms. The van der Waals surface area contributed by atoms with Crippen LogP contribution < -0.4 is 0 Å². The minimum Gasteiger partial charge on any atom is -0.481 e. The fourth-order valence-corrected chi connectivity index (χ4v) is 4.09. The van der Waals surface area contributed by atoms with Crippen molar-refractivity contribution < 1.29 is 19.7 Å². The number of hydrogen-bond acceptors (Lipinski definition) is 3. The fourth-order valence-electron chi connectivity index (χ4n) is 4.09. The van der Waals surface area contributed by atoms with Crippen LogP contribution >= 0.6 is 0 Å². The molecule has 25 heavy (non-hydrogen) atoms. The van der Waals surface area contributed by atoms with Crippen LogP contribution in [0.3, 0.4) is 0 Å². The van der Waals surface area contributed by atoms with E-state index >= 15 is 0 Å². The van der Waals surface area contributed by atoms with E-state index in [1.807, 2.05) is 6.08 Å². The van der Waals surface area contributed by atoms with Crippen LogP contribution in [0.15, 0.2) is 24.3 Å². The number of unbranched alkanes of at least 4 members (excludes halogenated alkanes) is 3. The second kappa shape index (κ2) is 10.8. The van der Waals surface area contributed by atoms with E-state index in [1.54, 1.807) is 0 Å². The molecule has 5 atom stereocenters. The van der Waals surface area contributed by atoms with Crippen molar-refractivity contribution in [3.63, 3.8) is 0 Å². The second-order valence-electron chi connectivity index (χ2n) is 7.47. The SMILES string of the molecule is CCCCC[C@@H](O)/C=C/[C@H]1[C@@H](C/C=C\CCCC(=O)O)[C@@H]2CC[C@H]1O2. The summed E-state index contributed by atoms with van der Waals surface area (Å²) in [6.07, 6.45) is 18.1. The van der Waals surface area contributed by atoms with Gasteiger partial charge in [-0.2, -0.15) is 0 Å². The lowest BCUT2D eigenvalue weighted by Gasteiger charge is -2.25. The minimum absolute atomic E-state index is 0.239. The highest BCUT2D eigenvalue weighted by Gasteiger charge is 2.46. The number of ether oxygens (including phenoxy) is 1. The van der Waals surface area contributed by atoms with Gasteiger partial charge in [0.05, 0.1) is 18.3 Å². The molecule has 0 aromatic heterocycles. The van der Waals surface area contributed by atoms with Gasteiger partial charge in [-0.1, -0.05) is 50.5 Å². The van der Waals surface area contributed by atoms with Gasteiger partial charge in [-0.3, -0.25) is 4.79 Å². The Balaban J connectivity index is 1.78. The van der Waals surface area contributed by atoms with E-state index in [2.05, 4.69) is 25.2 Å². The van der Waals surface area contributed by atoms with Crippen LogP contribution in [0.1, 0.15) is 71.1 Å². The standard InChI is InChI=1S/C21H34O4/c1-2-3-6-9-16(22)12-13-18-17(19-14-15-20(18)25-19)10-7-4-5-8-11-21(23)24/h4,7,12-13,16-20,22H,2-3,5-6,8-11,14-15H2,1H3,(H,23,24)/b7-4-,13-12+/t16-,17-,18+,19+,20-/m1/s1. The van der Waals surface area contributed by atoms with Gasteiger partial charge in [0.25, 0.3) is 0 Å². The number of carboxylic acid groups (broad SMARTS) is 1. The Kier molecular flexibility index (Phi) is 8.70. The molecule has 2 N–H and O–H groups in total. The Labute approximate surface area is 152 Å². The molecule has 2 heterocycles. The van der Waals surface area contributed by atoms with Crippen LogP contribution in [0, 0.1) is 11.8 Å². The third kappa shape index (κ3) is 6.59. The van der Waals surface area contributed by atoms with Gasteiger partial charge >= 0.3 is 5.97 Å². The first kappa shape index (κ1) is 20.2. The van der Waals surface area contributed by atoms with Crippen molar-refractivity contribution in [3.8, 4) is 0 Å². The normalized spacial score (nSPS) is 29.8. The molecule has 0 aliphatic carbocycles. The number of carbonyl (C=O) groups is 1. The van der Waals surface area contributed by atoms with Crippen LogP contribution in [-0.2, 0) is 9.53 Å². The van der Waals surface area contributed by atoms with Crippen LogP contribution in [0.5, 0.6) is 0 Å². The monoisotopic (exact) mass is 350 g/mol. The molecule has 142 valence electrons. The molecule has 0 aromatic rings. The zero-order valence-electron chi connectivity index (χ0n) is 15.5.